The Morgan fingerprint density at radius 3 is 2.47 bits per heavy atom. The van der Waals surface area contributed by atoms with Crippen LogP contribution in [-0.4, -0.2) is 24.0 Å². The molecule has 2 heteroatoms. The Labute approximate surface area is 92.1 Å². The number of likely N-dealkylation sites (tertiary alicyclic amines) is 1. The van der Waals surface area contributed by atoms with Crippen molar-refractivity contribution in [3.63, 3.8) is 0 Å². The zero-order chi connectivity index (χ0) is 10.8. The second kappa shape index (κ2) is 4.33. The van der Waals surface area contributed by atoms with Gasteiger partial charge in [-0.25, -0.2) is 0 Å². The van der Waals surface area contributed by atoms with Crippen LogP contribution in [0, 0.1) is 13.8 Å². The third-order valence-corrected chi connectivity index (χ3v) is 3.00. The Kier molecular flexibility index (Phi) is 3.08. The van der Waals surface area contributed by atoms with Gasteiger partial charge < -0.3 is 5.73 Å². The molecule has 2 nitrogen and oxygen atoms in total. The van der Waals surface area contributed by atoms with Crippen molar-refractivity contribution in [2.24, 2.45) is 5.73 Å². The standard InChI is InChI=1S/C13H20N2/c1-10-5-11(2)7-12(6-10)8-15-4-3-13(14)9-15/h5-7,13H,3-4,8-9,14H2,1-2H3/t13-/m1/s1. The van der Waals surface area contributed by atoms with E-state index in [1.54, 1.807) is 0 Å². The molecular formula is C13H20N2. The van der Waals surface area contributed by atoms with E-state index >= 15 is 0 Å². The van der Waals surface area contributed by atoms with Crippen molar-refractivity contribution in [3.05, 3.63) is 34.9 Å². The normalized spacial score (nSPS) is 22.2. The van der Waals surface area contributed by atoms with Crippen LogP contribution in [0.5, 0.6) is 0 Å². The summed E-state index contributed by atoms with van der Waals surface area (Å²) in [5, 5.41) is 0. The number of hydrogen-bond acceptors (Lipinski definition) is 2. The fraction of sp³-hybridized carbons (Fsp3) is 0.538. The quantitative estimate of drug-likeness (QED) is 0.796. The van der Waals surface area contributed by atoms with Crippen molar-refractivity contribution in [1.82, 2.24) is 4.90 Å². The Morgan fingerprint density at radius 2 is 1.93 bits per heavy atom. The number of aryl methyl sites for hydroxylation is 2. The van der Waals surface area contributed by atoms with Crippen LogP contribution in [0.15, 0.2) is 18.2 Å². The van der Waals surface area contributed by atoms with E-state index < -0.39 is 0 Å². The molecule has 2 rings (SSSR count). The maximum absolute atomic E-state index is 5.90. The summed E-state index contributed by atoms with van der Waals surface area (Å²) in [5.41, 5.74) is 10.0. The van der Waals surface area contributed by atoms with Crippen molar-refractivity contribution in [3.8, 4) is 0 Å². The lowest BCUT2D eigenvalue weighted by Crippen LogP contribution is -2.26. The van der Waals surface area contributed by atoms with Gasteiger partial charge in [-0.15, -0.1) is 0 Å². The molecule has 82 valence electrons. The van der Waals surface area contributed by atoms with E-state index in [9.17, 15) is 0 Å². The molecule has 0 saturated carbocycles. The first-order chi connectivity index (χ1) is 7.13. The highest BCUT2D eigenvalue weighted by Gasteiger charge is 2.18. The molecule has 0 radical (unpaired) electrons. The monoisotopic (exact) mass is 204 g/mol. The highest BCUT2D eigenvalue weighted by atomic mass is 15.2. The van der Waals surface area contributed by atoms with Crippen LogP contribution in [-0.2, 0) is 6.54 Å². The molecule has 0 aromatic heterocycles. The van der Waals surface area contributed by atoms with Gasteiger partial charge in [0.2, 0.25) is 0 Å². The van der Waals surface area contributed by atoms with Gasteiger partial charge in [0.15, 0.2) is 0 Å². The summed E-state index contributed by atoms with van der Waals surface area (Å²) < 4.78 is 0. The van der Waals surface area contributed by atoms with Crippen molar-refractivity contribution in [2.45, 2.75) is 32.9 Å². The van der Waals surface area contributed by atoms with Gasteiger partial charge in [-0.05, 0) is 25.8 Å². The lowest BCUT2D eigenvalue weighted by atomic mass is 10.1. The van der Waals surface area contributed by atoms with E-state index in [2.05, 4.69) is 36.9 Å². The van der Waals surface area contributed by atoms with Crippen LogP contribution in [0.25, 0.3) is 0 Å². The Hall–Kier alpha value is -0.860. The fourth-order valence-electron chi connectivity index (χ4n) is 2.42. The smallest absolute Gasteiger partial charge is 0.0234 e. The number of nitrogens with two attached hydrogens (primary N) is 1. The van der Waals surface area contributed by atoms with E-state index in [1.807, 2.05) is 0 Å². The predicted molar refractivity (Wildman–Crippen MR) is 63.8 cm³/mol. The molecule has 1 aliphatic heterocycles. The fourth-order valence-corrected chi connectivity index (χ4v) is 2.42. The minimum atomic E-state index is 0.385. The maximum atomic E-state index is 5.90. The van der Waals surface area contributed by atoms with E-state index in [0.717, 1.165) is 26.1 Å². The minimum Gasteiger partial charge on any atom is -0.326 e. The topological polar surface area (TPSA) is 29.3 Å². The molecule has 0 spiro atoms. The van der Waals surface area contributed by atoms with Crippen LogP contribution in [0.2, 0.25) is 0 Å². The molecule has 0 bridgehead atoms. The average molecular weight is 204 g/mol. The molecule has 1 aromatic rings. The molecule has 1 aromatic carbocycles. The second-order valence-corrected chi connectivity index (χ2v) is 4.78. The number of benzene rings is 1. The van der Waals surface area contributed by atoms with Crippen molar-refractivity contribution in [2.75, 3.05) is 13.1 Å². The number of hydrogen-bond donors (Lipinski definition) is 1. The van der Waals surface area contributed by atoms with E-state index in [0.29, 0.717) is 6.04 Å². The summed E-state index contributed by atoms with van der Waals surface area (Å²) in [5.74, 6) is 0. The molecule has 0 aliphatic carbocycles. The summed E-state index contributed by atoms with van der Waals surface area (Å²) in [6, 6.07) is 7.16. The molecule has 1 aliphatic rings. The number of rotatable bonds is 2. The molecule has 1 saturated heterocycles. The van der Waals surface area contributed by atoms with Crippen LogP contribution in [0.4, 0.5) is 0 Å². The molecular weight excluding hydrogens is 184 g/mol. The highest BCUT2D eigenvalue weighted by molar-refractivity contribution is 5.28. The Morgan fingerprint density at radius 1 is 1.27 bits per heavy atom. The lowest BCUT2D eigenvalue weighted by molar-refractivity contribution is 0.327. The van der Waals surface area contributed by atoms with E-state index in [-0.39, 0.29) is 0 Å². The third-order valence-electron chi connectivity index (χ3n) is 3.00. The van der Waals surface area contributed by atoms with Gasteiger partial charge in [-0.2, -0.15) is 0 Å². The van der Waals surface area contributed by atoms with Crippen LogP contribution >= 0.6 is 0 Å². The van der Waals surface area contributed by atoms with Gasteiger partial charge in [0.25, 0.3) is 0 Å². The predicted octanol–water partition coefficient (Wildman–Crippen LogP) is 1.84. The van der Waals surface area contributed by atoms with Gasteiger partial charge in [0, 0.05) is 25.7 Å². The zero-order valence-corrected chi connectivity index (χ0v) is 9.66. The zero-order valence-electron chi connectivity index (χ0n) is 9.66. The summed E-state index contributed by atoms with van der Waals surface area (Å²) in [4.78, 5) is 2.44. The molecule has 1 heterocycles. The Balaban J connectivity index is 2.04. The molecule has 0 amide bonds. The first-order valence-corrected chi connectivity index (χ1v) is 5.68. The van der Waals surface area contributed by atoms with Gasteiger partial charge in [-0.1, -0.05) is 29.3 Å². The molecule has 2 N–H and O–H groups in total. The first-order valence-electron chi connectivity index (χ1n) is 5.68. The van der Waals surface area contributed by atoms with Crippen molar-refractivity contribution in [1.29, 1.82) is 0 Å². The summed E-state index contributed by atoms with van der Waals surface area (Å²) in [7, 11) is 0. The van der Waals surface area contributed by atoms with Gasteiger partial charge in [0.05, 0.1) is 0 Å². The van der Waals surface area contributed by atoms with Crippen LogP contribution < -0.4 is 5.73 Å². The van der Waals surface area contributed by atoms with Crippen LogP contribution in [0.3, 0.4) is 0 Å². The van der Waals surface area contributed by atoms with E-state index in [4.69, 9.17) is 5.73 Å². The van der Waals surface area contributed by atoms with Crippen molar-refractivity contribution < 1.29 is 0 Å². The molecule has 1 atom stereocenters. The maximum Gasteiger partial charge on any atom is 0.0234 e. The van der Waals surface area contributed by atoms with Gasteiger partial charge in [0.1, 0.15) is 0 Å². The van der Waals surface area contributed by atoms with E-state index in [1.165, 1.54) is 16.7 Å². The minimum absolute atomic E-state index is 0.385. The molecule has 1 fully saturated rings. The lowest BCUT2D eigenvalue weighted by Gasteiger charge is -2.15. The van der Waals surface area contributed by atoms with Gasteiger partial charge in [-0.3, -0.25) is 4.90 Å². The third kappa shape index (κ3) is 2.80. The average Bonchev–Trinajstić information content (AvgIpc) is 2.49. The summed E-state index contributed by atoms with van der Waals surface area (Å²) in [6.45, 7) is 7.57. The Bertz CT molecular complexity index is 326. The first kappa shape index (κ1) is 10.7. The van der Waals surface area contributed by atoms with Crippen molar-refractivity contribution >= 4 is 0 Å². The summed E-state index contributed by atoms with van der Waals surface area (Å²) in [6.07, 6.45) is 1.14. The summed E-state index contributed by atoms with van der Waals surface area (Å²) >= 11 is 0. The highest BCUT2D eigenvalue weighted by Crippen LogP contribution is 2.15. The van der Waals surface area contributed by atoms with Gasteiger partial charge >= 0.3 is 0 Å². The molecule has 0 unspecified atom stereocenters. The largest absolute Gasteiger partial charge is 0.326 e. The second-order valence-electron chi connectivity index (χ2n) is 4.78. The molecule has 15 heavy (non-hydrogen) atoms. The number of nitrogens with zero attached hydrogens (tertiary/aromatic N) is 1. The van der Waals surface area contributed by atoms with Crippen LogP contribution in [0.1, 0.15) is 23.1 Å². The SMILES string of the molecule is Cc1cc(C)cc(CN2CC[C@@H](N)C2)c1.